The predicted molar refractivity (Wildman–Crippen MR) is 75.6 cm³/mol. The van der Waals surface area contributed by atoms with Crippen molar-refractivity contribution in [1.82, 2.24) is 9.97 Å². The third-order valence-electron chi connectivity index (χ3n) is 2.34. The first kappa shape index (κ1) is 15.5. The normalized spacial score (nSPS) is 11.1. The second-order valence-corrected chi connectivity index (χ2v) is 6.30. The molecule has 1 aromatic heterocycles. The Balaban J connectivity index is 2.65. The lowest BCUT2D eigenvalue weighted by Crippen LogP contribution is -2.12. The molecular weight excluding hydrogens is 268 g/mol. The van der Waals surface area contributed by atoms with Crippen LogP contribution in [0.15, 0.2) is 6.33 Å². The standard InChI is InChI=1S/C11H20N4O3S/c1-4-12-10-9(18-2)11(15-8-14-10)13-6-5-7-19(3,16)17/h8H,4-7H2,1-3H3,(H2,12,13,14,15). The average molecular weight is 288 g/mol. The van der Waals surface area contributed by atoms with Crippen LogP contribution in [0.5, 0.6) is 5.75 Å². The van der Waals surface area contributed by atoms with Crippen molar-refractivity contribution < 1.29 is 13.2 Å². The Hall–Kier alpha value is -1.57. The zero-order valence-electron chi connectivity index (χ0n) is 11.4. The molecule has 0 amide bonds. The van der Waals surface area contributed by atoms with E-state index in [-0.39, 0.29) is 5.75 Å². The van der Waals surface area contributed by atoms with Crippen molar-refractivity contribution in [2.75, 3.05) is 42.8 Å². The molecule has 0 radical (unpaired) electrons. The van der Waals surface area contributed by atoms with E-state index in [2.05, 4.69) is 20.6 Å². The summed E-state index contributed by atoms with van der Waals surface area (Å²) in [6.45, 7) is 3.19. The second-order valence-electron chi connectivity index (χ2n) is 4.04. The van der Waals surface area contributed by atoms with Gasteiger partial charge in [-0.2, -0.15) is 0 Å². The highest BCUT2D eigenvalue weighted by atomic mass is 32.2. The molecule has 0 saturated heterocycles. The summed E-state index contributed by atoms with van der Waals surface area (Å²) >= 11 is 0. The summed E-state index contributed by atoms with van der Waals surface area (Å²) in [4.78, 5) is 8.17. The zero-order chi connectivity index (χ0) is 14.3. The molecule has 1 heterocycles. The van der Waals surface area contributed by atoms with E-state index in [1.807, 2.05) is 6.92 Å². The molecule has 0 atom stereocenters. The van der Waals surface area contributed by atoms with Crippen molar-refractivity contribution in [2.45, 2.75) is 13.3 Å². The van der Waals surface area contributed by atoms with E-state index in [9.17, 15) is 8.42 Å². The zero-order valence-corrected chi connectivity index (χ0v) is 12.2. The summed E-state index contributed by atoms with van der Waals surface area (Å²) in [5.41, 5.74) is 0. The molecule has 19 heavy (non-hydrogen) atoms. The third kappa shape index (κ3) is 5.29. The molecule has 0 saturated carbocycles. The number of anilines is 2. The van der Waals surface area contributed by atoms with Crippen LogP contribution in [0.25, 0.3) is 0 Å². The number of aromatic nitrogens is 2. The van der Waals surface area contributed by atoms with Crippen molar-refractivity contribution in [2.24, 2.45) is 0 Å². The number of hydrogen-bond donors (Lipinski definition) is 2. The molecule has 0 unspecified atom stereocenters. The van der Waals surface area contributed by atoms with Gasteiger partial charge in [0.05, 0.1) is 12.9 Å². The molecule has 8 heteroatoms. The van der Waals surface area contributed by atoms with Gasteiger partial charge in [-0.3, -0.25) is 0 Å². The van der Waals surface area contributed by atoms with E-state index < -0.39 is 9.84 Å². The molecule has 7 nitrogen and oxygen atoms in total. The lowest BCUT2D eigenvalue weighted by Gasteiger charge is -2.13. The topological polar surface area (TPSA) is 93.2 Å². The molecule has 0 aliphatic carbocycles. The fourth-order valence-electron chi connectivity index (χ4n) is 1.53. The SMILES string of the molecule is CCNc1ncnc(NCCCS(C)(=O)=O)c1OC. The Morgan fingerprint density at radius 2 is 1.89 bits per heavy atom. The number of ether oxygens (including phenoxy) is 1. The van der Waals surface area contributed by atoms with Crippen LogP contribution in [0.4, 0.5) is 11.6 Å². The van der Waals surface area contributed by atoms with E-state index >= 15 is 0 Å². The fraction of sp³-hybridized carbons (Fsp3) is 0.636. The van der Waals surface area contributed by atoms with E-state index in [1.165, 1.54) is 12.6 Å². The Kier molecular flexibility index (Phi) is 5.81. The molecule has 108 valence electrons. The van der Waals surface area contributed by atoms with Gasteiger partial charge in [0.2, 0.25) is 5.75 Å². The Morgan fingerprint density at radius 3 is 2.42 bits per heavy atom. The molecule has 1 aromatic rings. The number of hydrogen-bond acceptors (Lipinski definition) is 7. The van der Waals surface area contributed by atoms with Gasteiger partial charge in [-0.25, -0.2) is 18.4 Å². The summed E-state index contributed by atoms with van der Waals surface area (Å²) < 4.78 is 27.3. The van der Waals surface area contributed by atoms with Crippen LogP contribution in [0.1, 0.15) is 13.3 Å². The molecule has 0 fully saturated rings. The van der Waals surface area contributed by atoms with Crippen LogP contribution in [-0.4, -0.2) is 50.6 Å². The fourth-order valence-corrected chi connectivity index (χ4v) is 2.20. The highest BCUT2D eigenvalue weighted by Crippen LogP contribution is 2.28. The van der Waals surface area contributed by atoms with Gasteiger partial charge in [0.15, 0.2) is 11.6 Å². The third-order valence-corrected chi connectivity index (χ3v) is 3.37. The molecule has 0 aliphatic rings. The molecule has 2 N–H and O–H groups in total. The molecule has 0 aromatic carbocycles. The quantitative estimate of drug-likeness (QED) is 0.682. The lowest BCUT2D eigenvalue weighted by atomic mass is 10.4. The lowest BCUT2D eigenvalue weighted by molar-refractivity contribution is 0.414. The minimum atomic E-state index is -2.93. The number of sulfone groups is 1. The van der Waals surface area contributed by atoms with Gasteiger partial charge in [-0.1, -0.05) is 0 Å². The molecule has 0 spiro atoms. The molecule has 1 rings (SSSR count). The predicted octanol–water partition coefficient (Wildman–Crippen LogP) is 0.764. The summed E-state index contributed by atoms with van der Waals surface area (Å²) in [6, 6.07) is 0. The Labute approximate surface area is 113 Å². The van der Waals surface area contributed by atoms with Gasteiger partial charge in [0, 0.05) is 19.3 Å². The van der Waals surface area contributed by atoms with Crippen molar-refractivity contribution in [1.29, 1.82) is 0 Å². The summed E-state index contributed by atoms with van der Waals surface area (Å²) in [5.74, 6) is 1.85. The van der Waals surface area contributed by atoms with Crippen LogP contribution in [0.2, 0.25) is 0 Å². The van der Waals surface area contributed by atoms with E-state index in [0.717, 1.165) is 6.54 Å². The largest absolute Gasteiger partial charge is 0.490 e. The molecule has 0 aliphatic heterocycles. The van der Waals surface area contributed by atoms with Gasteiger partial charge >= 0.3 is 0 Å². The van der Waals surface area contributed by atoms with Gasteiger partial charge in [0.25, 0.3) is 0 Å². The van der Waals surface area contributed by atoms with Crippen molar-refractivity contribution >= 4 is 21.5 Å². The number of nitrogens with one attached hydrogen (secondary N) is 2. The first-order valence-corrected chi connectivity index (χ1v) is 8.08. The summed E-state index contributed by atoms with van der Waals surface area (Å²) in [5, 5.41) is 6.13. The van der Waals surface area contributed by atoms with Crippen LogP contribution < -0.4 is 15.4 Å². The first-order chi connectivity index (χ1) is 8.98. The second kappa shape index (κ2) is 7.13. The minimum Gasteiger partial charge on any atom is -0.490 e. The summed E-state index contributed by atoms with van der Waals surface area (Å²) in [7, 11) is -1.38. The van der Waals surface area contributed by atoms with Gasteiger partial charge in [-0.05, 0) is 13.3 Å². The summed E-state index contributed by atoms with van der Waals surface area (Å²) in [6.07, 6.45) is 3.17. The van der Waals surface area contributed by atoms with E-state index in [1.54, 1.807) is 7.11 Å². The van der Waals surface area contributed by atoms with E-state index in [4.69, 9.17) is 4.74 Å². The monoisotopic (exact) mass is 288 g/mol. The van der Waals surface area contributed by atoms with Gasteiger partial charge < -0.3 is 15.4 Å². The van der Waals surface area contributed by atoms with Gasteiger partial charge in [0.1, 0.15) is 16.2 Å². The van der Waals surface area contributed by atoms with E-state index in [0.29, 0.717) is 30.4 Å². The average Bonchev–Trinajstić information content (AvgIpc) is 2.34. The highest BCUT2D eigenvalue weighted by molar-refractivity contribution is 7.90. The number of methoxy groups -OCH3 is 1. The van der Waals surface area contributed by atoms with Crippen LogP contribution in [0.3, 0.4) is 0 Å². The van der Waals surface area contributed by atoms with Crippen molar-refractivity contribution in [3.8, 4) is 5.75 Å². The van der Waals surface area contributed by atoms with Gasteiger partial charge in [-0.15, -0.1) is 0 Å². The maximum atomic E-state index is 11.0. The van der Waals surface area contributed by atoms with Crippen LogP contribution in [0, 0.1) is 0 Å². The van der Waals surface area contributed by atoms with Crippen molar-refractivity contribution in [3.63, 3.8) is 0 Å². The van der Waals surface area contributed by atoms with Crippen LogP contribution >= 0.6 is 0 Å². The highest BCUT2D eigenvalue weighted by Gasteiger charge is 2.11. The van der Waals surface area contributed by atoms with Crippen LogP contribution in [-0.2, 0) is 9.84 Å². The minimum absolute atomic E-state index is 0.146. The Bertz CT molecular complexity index is 505. The molecular formula is C11H20N4O3S. The maximum Gasteiger partial charge on any atom is 0.204 e. The maximum absolute atomic E-state index is 11.0. The van der Waals surface area contributed by atoms with Crippen molar-refractivity contribution in [3.05, 3.63) is 6.33 Å². The number of nitrogens with zero attached hydrogens (tertiary/aromatic N) is 2. The first-order valence-electron chi connectivity index (χ1n) is 6.02. The molecule has 0 bridgehead atoms. The smallest absolute Gasteiger partial charge is 0.204 e. The Morgan fingerprint density at radius 1 is 1.26 bits per heavy atom. The number of rotatable bonds is 8.